The number of hydrogen-bond donors (Lipinski definition) is 2. The van der Waals surface area contributed by atoms with Gasteiger partial charge >= 0.3 is 0 Å². The first-order valence-corrected chi connectivity index (χ1v) is 9.87. The summed E-state index contributed by atoms with van der Waals surface area (Å²) in [6.07, 6.45) is 1.83. The van der Waals surface area contributed by atoms with Crippen molar-refractivity contribution in [2.75, 3.05) is 32.8 Å². The molecule has 1 aliphatic heterocycles. The molecule has 1 atom stereocenters. The van der Waals surface area contributed by atoms with E-state index >= 15 is 0 Å². The maximum absolute atomic E-state index is 10.3. The molecule has 4 rings (SSSR count). The van der Waals surface area contributed by atoms with Gasteiger partial charge in [-0.25, -0.2) is 0 Å². The van der Waals surface area contributed by atoms with Crippen LogP contribution in [-0.2, 0) is 4.74 Å². The minimum Gasteiger partial charge on any atom is -0.507 e. The monoisotopic (exact) mass is 367 g/mol. The van der Waals surface area contributed by atoms with E-state index < -0.39 is 0 Å². The van der Waals surface area contributed by atoms with E-state index in [4.69, 9.17) is 9.73 Å². The van der Waals surface area contributed by atoms with Gasteiger partial charge in [0, 0.05) is 11.8 Å². The summed E-state index contributed by atoms with van der Waals surface area (Å²) < 4.78 is 5.52. The van der Waals surface area contributed by atoms with Crippen LogP contribution in [-0.4, -0.2) is 44.2 Å². The molecule has 0 aliphatic carbocycles. The van der Waals surface area contributed by atoms with E-state index in [1.807, 2.05) is 30.5 Å². The van der Waals surface area contributed by atoms with Crippen LogP contribution in [0.15, 0.2) is 58.9 Å². The molecule has 0 radical (unpaired) electrons. The SMILES string of the molecule is Oc1ccc2ccccc2c1C=NC[C@@H](c1cccs1)[NH+]1CCOCC1. The lowest BCUT2D eigenvalue weighted by molar-refractivity contribution is -0.937. The van der Waals surface area contributed by atoms with E-state index in [9.17, 15) is 5.11 Å². The van der Waals surface area contributed by atoms with E-state index in [0.29, 0.717) is 12.6 Å². The standard InChI is InChI=1S/C21H22N2O2S/c24-20-8-7-16-4-1-2-5-17(16)18(20)14-22-15-19(21-6-3-13-26-21)23-9-11-25-12-10-23/h1-8,13-14,19,24H,9-12,15H2/p+1/t19-/m0/s1. The first-order chi connectivity index (χ1) is 12.8. The van der Waals surface area contributed by atoms with Crippen molar-refractivity contribution in [2.45, 2.75) is 6.04 Å². The number of aliphatic imine (C=N–C) groups is 1. The van der Waals surface area contributed by atoms with Crippen molar-refractivity contribution in [3.63, 3.8) is 0 Å². The summed E-state index contributed by atoms with van der Waals surface area (Å²) in [7, 11) is 0. The van der Waals surface area contributed by atoms with Crippen molar-refractivity contribution in [1.82, 2.24) is 0 Å². The molecule has 2 N–H and O–H groups in total. The molecule has 4 nitrogen and oxygen atoms in total. The minimum atomic E-state index is 0.277. The van der Waals surface area contributed by atoms with Gasteiger partial charge in [-0.2, -0.15) is 0 Å². The number of aromatic hydroxyl groups is 1. The molecule has 26 heavy (non-hydrogen) atoms. The number of morpholine rings is 1. The molecule has 0 spiro atoms. The van der Waals surface area contributed by atoms with Gasteiger partial charge in [0.05, 0.1) is 24.6 Å². The van der Waals surface area contributed by atoms with Gasteiger partial charge < -0.3 is 14.7 Å². The molecule has 1 aromatic heterocycles. The molecule has 3 aromatic rings. The lowest BCUT2D eigenvalue weighted by Gasteiger charge is -2.30. The molecule has 0 saturated carbocycles. The van der Waals surface area contributed by atoms with Crippen LogP contribution in [0.1, 0.15) is 16.5 Å². The zero-order valence-electron chi connectivity index (χ0n) is 14.6. The Balaban J connectivity index is 1.59. The highest BCUT2D eigenvalue weighted by atomic mass is 32.1. The second-order valence-corrected chi connectivity index (χ2v) is 7.53. The Labute approximate surface area is 157 Å². The number of quaternary nitrogens is 1. The van der Waals surface area contributed by atoms with Crippen LogP contribution in [0.2, 0.25) is 0 Å². The number of fused-ring (bicyclic) bond motifs is 1. The van der Waals surface area contributed by atoms with Gasteiger partial charge in [0.2, 0.25) is 0 Å². The predicted octanol–water partition coefficient (Wildman–Crippen LogP) is 2.68. The Hall–Kier alpha value is -2.21. The number of rotatable bonds is 5. The molecular weight excluding hydrogens is 344 g/mol. The van der Waals surface area contributed by atoms with Crippen LogP contribution >= 0.6 is 11.3 Å². The van der Waals surface area contributed by atoms with E-state index in [-0.39, 0.29) is 5.75 Å². The van der Waals surface area contributed by atoms with Crippen LogP contribution in [0.5, 0.6) is 5.75 Å². The molecule has 0 unspecified atom stereocenters. The third kappa shape index (κ3) is 3.65. The summed E-state index contributed by atoms with van der Waals surface area (Å²) in [5.41, 5.74) is 0.796. The first-order valence-electron chi connectivity index (χ1n) is 8.99. The smallest absolute Gasteiger partial charge is 0.142 e. The summed E-state index contributed by atoms with van der Waals surface area (Å²) in [4.78, 5) is 7.63. The average Bonchev–Trinajstić information content (AvgIpc) is 3.22. The van der Waals surface area contributed by atoms with Gasteiger partial charge in [-0.1, -0.05) is 36.4 Å². The fraction of sp³-hybridized carbons (Fsp3) is 0.286. The number of thiophene rings is 1. The maximum Gasteiger partial charge on any atom is 0.142 e. The van der Waals surface area contributed by atoms with Crippen molar-refractivity contribution in [3.8, 4) is 5.75 Å². The lowest BCUT2D eigenvalue weighted by Crippen LogP contribution is -3.14. The highest BCUT2D eigenvalue weighted by Crippen LogP contribution is 2.25. The third-order valence-electron chi connectivity index (χ3n) is 4.97. The Morgan fingerprint density at radius 2 is 1.96 bits per heavy atom. The van der Waals surface area contributed by atoms with Crippen molar-refractivity contribution in [3.05, 3.63) is 64.4 Å². The molecule has 1 saturated heterocycles. The molecular formula is C21H23N2O2S+. The van der Waals surface area contributed by atoms with Crippen molar-refractivity contribution in [2.24, 2.45) is 4.99 Å². The van der Waals surface area contributed by atoms with Crippen molar-refractivity contribution in [1.29, 1.82) is 0 Å². The summed E-state index contributed by atoms with van der Waals surface area (Å²) in [5.74, 6) is 0.277. The summed E-state index contributed by atoms with van der Waals surface area (Å²) in [6, 6.07) is 16.4. The van der Waals surface area contributed by atoms with E-state index in [1.165, 1.54) is 9.78 Å². The normalized spacial score (nSPS) is 17.1. The fourth-order valence-corrected chi connectivity index (χ4v) is 4.44. The molecule has 2 aromatic carbocycles. The Bertz CT molecular complexity index is 886. The van der Waals surface area contributed by atoms with Crippen molar-refractivity contribution >= 4 is 28.3 Å². The van der Waals surface area contributed by atoms with Crippen LogP contribution < -0.4 is 4.90 Å². The fourth-order valence-electron chi connectivity index (χ4n) is 3.56. The number of phenols is 1. The molecule has 2 heterocycles. The molecule has 134 valence electrons. The van der Waals surface area contributed by atoms with Gasteiger partial charge in [0.15, 0.2) is 0 Å². The van der Waals surface area contributed by atoms with Crippen LogP contribution in [0, 0.1) is 0 Å². The number of hydrogen-bond acceptors (Lipinski definition) is 4. The average molecular weight is 367 g/mol. The van der Waals surface area contributed by atoms with E-state index in [2.05, 4.69) is 23.6 Å². The van der Waals surface area contributed by atoms with Crippen LogP contribution in [0.3, 0.4) is 0 Å². The van der Waals surface area contributed by atoms with Gasteiger partial charge in [0.1, 0.15) is 24.9 Å². The minimum absolute atomic E-state index is 0.277. The number of nitrogens with zero attached hydrogens (tertiary/aromatic N) is 1. The highest BCUT2D eigenvalue weighted by molar-refractivity contribution is 7.10. The molecule has 0 bridgehead atoms. The summed E-state index contributed by atoms with van der Waals surface area (Å²) in [6.45, 7) is 4.35. The first kappa shape index (κ1) is 17.2. The largest absolute Gasteiger partial charge is 0.507 e. The predicted molar refractivity (Wildman–Crippen MR) is 107 cm³/mol. The zero-order chi connectivity index (χ0) is 17.8. The molecule has 0 amide bonds. The number of benzene rings is 2. The topological polar surface area (TPSA) is 46.3 Å². The Morgan fingerprint density at radius 1 is 1.12 bits per heavy atom. The van der Waals surface area contributed by atoms with Crippen molar-refractivity contribution < 1.29 is 14.7 Å². The molecule has 5 heteroatoms. The second-order valence-electron chi connectivity index (χ2n) is 6.55. The quantitative estimate of drug-likeness (QED) is 0.681. The van der Waals surface area contributed by atoms with Crippen LogP contribution in [0.25, 0.3) is 10.8 Å². The van der Waals surface area contributed by atoms with Crippen LogP contribution in [0.4, 0.5) is 0 Å². The van der Waals surface area contributed by atoms with Gasteiger partial charge in [-0.15, -0.1) is 11.3 Å². The van der Waals surface area contributed by atoms with E-state index in [1.54, 1.807) is 17.4 Å². The third-order valence-corrected chi connectivity index (χ3v) is 5.96. The van der Waals surface area contributed by atoms with Gasteiger partial charge in [0.25, 0.3) is 0 Å². The highest BCUT2D eigenvalue weighted by Gasteiger charge is 2.26. The molecule has 1 fully saturated rings. The van der Waals surface area contributed by atoms with Gasteiger partial charge in [-0.3, -0.25) is 4.99 Å². The molecule has 1 aliphatic rings. The second kappa shape index (κ2) is 7.99. The van der Waals surface area contributed by atoms with E-state index in [0.717, 1.165) is 42.6 Å². The summed E-state index contributed by atoms with van der Waals surface area (Å²) >= 11 is 1.79. The Morgan fingerprint density at radius 3 is 2.77 bits per heavy atom. The lowest BCUT2D eigenvalue weighted by atomic mass is 10.0. The number of nitrogens with one attached hydrogen (secondary N) is 1. The Kier molecular flexibility index (Phi) is 5.29. The van der Waals surface area contributed by atoms with Gasteiger partial charge in [-0.05, 0) is 28.3 Å². The maximum atomic E-state index is 10.3. The zero-order valence-corrected chi connectivity index (χ0v) is 15.4. The number of ether oxygens (including phenoxy) is 1. The summed E-state index contributed by atoms with van der Waals surface area (Å²) in [5, 5.41) is 14.6. The number of phenolic OH excluding ortho intramolecular Hbond substituents is 1.